The fraction of sp³-hybridized carbons (Fsp3) is 0.312. The van der Waals surface area contributed by atoms with Crippen LogP contribution in [0.25, 0.3) is 11.3 Å². The van der Waals surface area contributed by atoms with Crippen molar-refractivity contribution in [3.8, 4) is 11.3 Å². The predicted octanol–water partition coefficient (Wildman–Crippen LogP) is 1.32. The van der Waals surface area contributed by atoms with Crippen molar-refractivity contribution in [2.45, 2.75) is 6.54 Å². The van der Waals surface area contributed by atoms with Crippen LogP contribution in [0.5, 0.6) is 0 Å². The fourth-order valence-electron chi connectivity index (χ4n) is 2.00. The van der Waals surface area contributed by atoms with Crippen LogP contribution in [-0.2, 0) is 6.54 Å². The van der Waals surface area contributed by atoms with Crippen LogP contribution in [0.2, 0.25) is 0 Å². The smallest absolute Gasteiger partial charge is 0.335 e. The summed E-state index contributed by atoms with van der Waals surface area (Å²) in [6, 6.07) is 10.4. The van der Waals surface area contributed by atoms with Crippen LogP contribution >= 0.6 is 0 Å². The van der Waals surface area contributed by atoms with Crippen LogP contribution in [0, 0.1) is 0 Å². The van der Waals surface area contributed by atoms with E-state index in [1.807, 2.05) is 12.1 Å². The van der Waals surface area contributed by atoms with E-state index >= 15 is 0 Å². The van der Waals surface area contributed by atoms with E-state index in [0.29, 0.717) is 18.8 Å². The first-order valence-corrected chi connectivity index (χ1v) is 7.15. The summed E-state index contributed by atoms with van der Waals surface area (Å²) >= 11 is 0. The quantitative estimate of drug-likeness (QED) is 0.522. The minimum Gasteiger partial charge on any atom is -0.478 e. The van der Waals surface area contributed by atoms with Gasteiger partial charge in [-0.3, -0.25) is 0 Å². The molecule has 0 atom stereocenters. The maximum absolute atomic E-state index is 10.8. The Labute approximate surface area is 128 Å². The topological polar surface area (TPSA) is 94.7 Å². The maximum Gasteiger partial charge on any atom is 0.335 e. The van der Waals surface area contributed by atoms with Crippen molar-refractivity contribution >= 4 is 5.97 Å². The number of carboxylic acid groups (broad SMARTS) is 1. The fourth-order valence-corrected chi connectivity index (χ4v) is 2.00. The van der Waals surface area contributed by atoms with E-state index in [0.717, 1.165) is 24.4 Å². The number of hydrogen-bond acceptors (Lipinski definition) is 5. The molecule has 4 N–H and O–H groups in total. The van der Waals surface area contributed by atoms with Gasteiger partial charge in [0.05, 0.1) is 18.7 Å². The molecule has 0 aliphatic carbocycles. The molecule has 2 aromatic rings. The van der Waals surface area contributed by atoms with Crippen molar-refractivity contribution in [1.29, 1.82) is 0 Å². The monoisotopic (exact) mass is 304 g/mol. The third-order valence-corrected chi connectivity index (χ3v) is 3.14. The summed E-state index contributed by atoms with van der Waals surface area (Å²) in [5.41, 5.74) is 1.11. The number of nitrogens with one attached hydrogen (secondary N) is 2. The van der Waals surface area contributed by atoms with E-state index in [1.165, 1.54) is 0 Å². The molecule has 6 heteroatoms. The minimum absolute atomic E-state index is 0.141. The zero-order valence-electron chi connectivity index (χ0n) is 12.2. The molecule has 0 bridgehead atoms. The van der Waals surface area contributed by atoms with Crippen molar-refractivity contribution < 1.29 is 19.4 Å². The van der Waals surface area contributed by atoms with Gasteiger partial charge in [0.2, 0.25) is 0 Å². The highest BCUT2D eigenvalue weighted by atomic mass is 16.4. The highest BCUT2D eigenvalue weighted by Gasteiger charge is 2.06. The highest BCUT2D eigenvalue weighted by Crippen LogP contribution is 2.22. The van der Waals surface area contributed by atoms with Crippen LogP contribution in [0.15, 0.2) is 40.8 Å². The number of aliphatic hydroxyl groups excluding tert-OH is 1. The van der Waals surface area contributed by atoms with Crippen LogP contribution in [0.1, 0.15) is 16.1 Å². The third-order valence-electron chi connectivity index (χ3n) is 3.14. The lowest BCUT2D eigenvalue weighted by Gasteiger charge is -2.04. The summed E-state index contributed by atoms with van der Waals surface area (Å²) < 4.78 is 5.73. The Morgan fingerprint density at radius 1 is 1.00 bits per heavy atom. The molecule has 0 aliphatic heterocycles. The van der Waals surface area contributed by atoms with Crippen molar-refractivity contribution in [2.75, 3.05) is 26.2 Å². The van der Waals surface area contributed by atoms with Gasteiger partial charge in [-0.15, -0.1) is 0 Å². The summed E-state index contributed by atoms with van der Waals surface area (Å²) in [5, 5.41) is 23.8. The number of rotatable bonds is 9. The van der Waals surface area contributed by atoms with Gasteiger partial charge in [0.15, 0.2) is 0 Å². The normalized spacial score (nSPS) is 10.8. The third kappa shape index (κ3) is 4.70. The van der Waals surface area contributed by atoms with Crippen molar-refractivity contribution in [3.63, 3.8) is 0 Å². The van der Waals surface area contributed by atoms with E-state index in [1.54, 1.807) is 24.3 Å². The van der Waals surface area contributed by atoms with Crippen molar-refractivity contribution in [2.24, 2.45) is 0 Å². The number of carbonyl (C=O) groups is 1. The molecule has 0 unspecified atom stereocenters. The summed E-state index contributed by atoms with van der Waals surface area (Å²) in [6.07, 6.45) is 0. The minimum atomic E-state index is -0.939. The molecule has 0 amide bonds. The number of aromatic carboxylic acids is 1. The lowest BCUT2D eigenvalue weighted by molar-refractivity contribution is 0.0697. The average molecular weight is 304 g/mol. The second-order valence-electron chi connectivity index (χ2n) is 4.80. The predicted molar refractivity (Wildman–Crippen MR) is 82.8 cm³/mol. The summed E-state index contributed by atoms with van der Waals surface area (Å²) in [4.78, 5) is 10.8. The Kier molecular flexibility index (Phi) is 6.14. The zero-order valence-corrected chi connectivity index (χ0v) is 12.2. The van der Waals surface area contributed by atoms with Crippen LogP contribution in [-0.4, -0.2) is 42.4 Å². The van der Waals surface area contributed by atoms with Gasteiger partial charge in [-0.25, -0.2) is 4.79 Å². The van der Waals surface area contributed by atoms with Gasteiger partial charge < -0.3 is 25.3 Å². The molecule has 6 nitrogen and oxygen atoms in total. The molecule has 0 spiro atoms. The number of aliphatic hydroxyl groups is 1. The summed E-state index contributed by atoms with van der Waals surface area (Å²) in [7, 11) is 0. The van der Waals surface area contributed by atoms with Gasteiger partial charge in [0.25, 0.3) is 0 Å². The van der Waals surface area contributed by atoms with E-state index in [9.17, 15) is 4.79 Å². The zero-order chi connectivity index (χ0) is 15.8. The first-order chi connectivity index (χ1) is 10.7. The van der Waals surface area contributed by atoms with Gasteiger partial charge in [-0.2, -0.15) is 0 Å². The second-order valence-corrected chi connectivity index (χ2v) is 4.80. The molecule has 0 fully saturated rings. The molecule has 118 valence electrons. The molecule has 22 heavy (non-hydrogen) atoms. The Morgan fingerprint density at radius 3 is 2.41 bits per heavy atom. The second kappa shape index (κ2) is 8.33. The molecule has 1 aromatic carbocycles. The molecular formula is C16H20N2O4. The molecule has 0 radical (unpaired) electrons. The highest BCUT2D eigenvalue weighted by molar-refractivity contribution is 5.88. The van der Waals surface area contributed by atoms with Crippen molar-refractivity contribution in [1.82, 2.24) is 10.6 Å². The lowest BCUT2D eigenvalue weighted by Crippen LogP contribution is -2.28. The molecule has 2 rings (SSSR count). The van der Waals surface area contributed by atoms with Crippen LogP contribution in [0.3, 0.4) is 0 Å². The molecule has 0 saturated carbocycles. The Balaban J connectivity index is 1.84. The first-order valence-electron chi connectivity index (χ1n) is 7.15. The van der Waals surface area contributed by atoms with E-state index in [4.69, 9.17) is 14.6 Å². The van der Waals surface area contributed by atoms with Crippen LogP contribution in [0.4, 0.5) is 0 Å². The Bertz CT molecular complexity index is 592. The van der Waals surface area contributed by atoms with E-state index < -0.39 is 5.97 Å². The molecule has 1 aromatic heterocycles. The number of benzene rings is 1. The first kappa shape index (κ1) is 16.2. The molecule has 0 saturated heterocycles. The summed E-state index contributed by atoms with van der Waals surface area (Å²) in [5.74, 6) is 0.595. The lowest BCUT2D eigenvalue weighted by atomic mass is 10.1. The van der Waals surface area contributed by atoms with Gasteiger partial charge in [-0.1, -0.05) is 12.1 Å². The van der Waals surface area contributed by atoms with Gasteiger partial charge in [-0.05, 0) is 24.3 Å². The maximum atomic E-state index is 10.8. The van der Waals surface area contributed by atoms with Crippen molar-refractivity contribution in [3.05, 3.63) is 47.7 Å². The Morgan fingerprint density at radius 2 is 1.73 bits per heavy atom. The number of furan rings is 1. The number of carboxylic acids is 1. The van der Waals surface area contributed by atoms with E-state index in [2.05, 4.69) is 10.6 Å². The van der Waals surface area contributed by atoms with E-state index in [-0.39, 0.29) is 12.2 Å². The average Bonchev–Trinajstić information content (AvgIpc) is 3.00. The largest absolute Gasteiger partial charge is 0.478 e. The Hall–Kier alpha value is -2.15. The number of hydrogen-bond donors (Lipinski definition) is 4. The molecular weight excluding hydrogens is 284 g/mol. The molecule has 1 heterocycles. The van der Waals surface area contributed by atoms with Gasteiger partial charge in [0.1, 0.15) is 11.5 Å². The van der Waals surface area contributed by atoms with Gasteiger partial charge in [0, 0.05) is 25.2 Å². The standard InChI is InChI=1S/C16H20N2O4/c19-10-9-17-7-8-18-11-14-5-6-15(22-14)12-1-3-13(4-2-12)16(20)21/h1-6,17-19H,7-11H2,(H,20,21). The molecule has 0 aliphatic rings. The SMILES string of the molecule is O=C(O)c1ccc(-c2ccc(CNCCNCCO)o2)cc1. The van der Waals surface area contributed by atoms with Crippen LogP contribution < -0.4 is 10.6 Å². The van der Waals surface area contributed by atoms with Gasteiger partial charge >= 0.3 is 5.97 Å². The summed E-state index contributed by atoms with van der Waals surface area (Å²) in [6.45, 7) is 2.92.